The third kappa shape index (κ3) is 1.36. The van der Waals surface area contributed by atoms with Crippen LogP contribution in [0.4, 0.5) is 0 Å². The molecule has 1 aromatic heterocycles. The second-order valence-corrected chi connectivity index (χ2v) is 2.74. The van der Waals surface area contributed by atoms with E-state index in [1.54, 1.807) is 0 Å². The van der Waals surface area contributed by atoms with E-state index >= 15 is 0 Å². The van der Waals surface area contributed by atoms with Gasteiger partial charge in [0.1, 0.15) is 5.37 Å². The Labute approximate surface area is 79.8 Å². The summed E-state index contributed by atoms with van der Waals surface area (Å²) in [5.41, 5.74) is 1.59. The minimum Gasteiger partial charge on any atom is -0.335 e. The predicted octanol–water partition coefficient (Wildman–Crippen LogP) is 1.62. The third-order valence-corrected chi connectivity index (χ3v) is 1.88. The first kappa shape index (κ1) is 8.07. The maximum Gasteiger partial charge on any atom is 0.240 e. The first-order valence-electron chi connectivity index (χ1n) is 3.68. The summed E-state index contributed by atoms with van der Waals surface area (Å²) in [5.74, 6) is -0.137. The number of fused-ring (bicyclic) bond motifs is 1. The number of benzene rings is 1. The zero-order valence-electron chi connectivity index (χ0n) is 6.57. The molecule has 0 aliphatic heterocycles. The minimum atomic E-state index is -0.383. The van der Waals surface area contributed by atoms with Crippen molar-refractivity contribution in [1.82, 2.24) is 9.97 Å². The van der Waals surface area contributed by atoms with Gasteiger partial charge in [0, 0.05) is 0 Å². The number of Topliss-reactive ketones (excluding diaryl/α,β-unsaturated/α-hetero) is 1. The molecule has 0 fully saturated rings. The molecule has 63 valence electrons. The Hall–Kier alpha value is -1.55. The van der Waals surface area contributed by atoms with Gasteiger partial charge in [0.2, 0.25) is 5.78 Å². The zero-order valence-corrected chi connectivity index (χ0v) is 7.39. The number of rotatable bonds is 2. The van der Waals surface area contributed by atoms with Crippen LogP contribution in [0.3, 0.4) is 0 Å². The number of aromatic amines is 1. The topological polar surface area (TPSA) is 45.8 Å². The van der Waals surface area contributed by atoms with Crippen LogP contribution in [0.15, 0.2) is 24.3 Å². The lowest BCUT2D eigenvalue weighted by Gasteiger charge is -1.82. The fourth-order valence-corrected chi connectivity index (χ4v) is 1.21. The molecule has 1 aromatic carbocycles. The van der Waals surface area contributed by atoms with Gasteiger partial charge >= 0.3 is 0 Å². The molecule has 0 amide bonds. The molecule has 1 N–H and O–H groups in total. The van der Waals surface area contributed by atoms with Crippen molar-refractivity contribution < 1.29 is 4.79 Å². The summed E-state index contributed by atoms with van der Waals surface area (Å²) in [7, 11) is 0. The van der Waals surface area contributed by atoms with Crippen molar-refractivity contribution in [2.75, 3.05) is 0 Å². The van der Waals surface area contributed by atoms with Gasteiger partial charge in [0.05, 0.1) is 11.0 Å². The summed E-state index contributed by atoms with van der Waals surface area (Å²) >= 11 is 4.40. The number of carbonyl (C=O) groups is 1. The minimum absolute atomic E-state index is 0.246. The van der Waals surface area contributed by atoms with Crippen LogP contribution in [-0.2, 0) is 0 Å². The number of imidazole rings is 1. The number of H-pyrrole nitrogens is 1. The maximum atomic E-state index is 11.1. The Bertz CT molecular complexity index is 442. The molecule has 0 saturated carbocycles. The van der Waals surface area contributed by atoms with Crippen molar-refractivity contribution >= 4 is 34.4 Å². The van der Waals surface area contributed by atoms with Crippen molar-refractivity contribution in [1.29, 1.82) is 0 Å². The van der Waals surface area contributed by atoms with Crippen LogP contribution in [0, 0.1) is 0 Å². The van der Waals surface area contributed by atoms with E-state index in [4.69, 9.17) is 0 Å². The SMILES string of the molecule is O=C([C]=S)c1nc2ccccc2[nH]1. The Balaban J connectivity index is 2.62. The highest BCUT2D eigenvalue weighted by molar-refractivity contribution is 7.80. The number of hydrogen-bond donors (Lipinski definition) is 1. The van der Waals surface area contributed by atoms with E-state index in [-0.39, 0.29) is 11.6 Å². The van der Waals surface area contributed by atoms with Gasteiger partial charge in [-0.25, -0.2) is 4.98 Å². The van der Waals surface area contributed by atoms with Crippen molar-refractivity contribution in [3.63, 3.8) is 0 Å². The van der Waals surface area contributed by atoms with E-state index in [1.165, 1.54) is 0 Å². The van der Waals surface area contributed by atoms with Crippen molar-refractivity contribution in [2.24, 2.45) is 0 Å². The van der Waals surface area contributed by atoms with Crippen LogP contribution in [0.25, 0.3) is 11.0 Å². The van der Waals surface area contributed by atoms with Gasteiger partial charge in [0.15, 0.2) is 5.82 Å². The smallest absolute Gasteiger partial charge is 0.240 e. The molecule has 3 nitrogen and oxygen atoms in total. The molecular weight excluding hydrogens is 184 g/mol. The normalized spacial score (nSPS) is 10.2. The van der Waals surface area contributed by atoms with Crippen LogP contribution >= 0.6 is 12.2 Å². The Morgan fingerprint density at radius 3 is 2.92 bits per heavy atom. The van der Waals surface area contributed by atoms with Crippen LogP contribution in [-0.4, -0.2) is 21.1 Å². The summed E-state index contributed by atoms with van der Waals surface area (Å²) in [6.45, 7) is 0. The molecule has 4 heteroatoms. The molecular formula is C9H5N2OS. The molecule has 0 bridgehead atoms. The average molecular weight is 189 g/mol. The van der Waals surface area contributed by atoms with E-state index in [0.29, 0.717) is 0 Å². The molecule has 0 aliphatic rings. The van der Waals surface area contributed by atoms with E-state index < -0.39 is 0 Å². The molecule has 2 aromatic rings. The van der Waals surface area contributed by atoms with Gasteiger partial charge in [-0.3, -0.25) is 4.79 Å². The zero-order chi connectivity index (χ0) is 9.26. The number of thiocarbonyl (C=S) groups is 1. The number of para-hydroxylation sites is 2. The van der Waals surface area contributed by atoms with E-state index in [9.17, 15) is 4.79 Å². The van der Waals surface area contributed by atoms with Crippen molar-refractivity contribution in [3.05, 3.63) is 30.1 Å². The molecule has 0 saturated heterocycles. The first-order chi connectivity index (χ1) is 6.31. The largest absolute Gasteiger partial charge is 0.335 e. The number of nitrogens with zero attached hydrogens (tertiary/aromatic N) is 1. The molecule has 2 rings (SSSR count). The molecule has 0 unspecified atom stereocenters. The summed E-state index contributed by atoms with van der Waals surface area (Å²) in [5, 5.41) is 2.09. The van der Waals surface area contributed by atoms with Gasteiger partial charge < -0.3 is 4.98 Å². The number of carbonyl (C=O) groups excluding carboxylic acids is 1. The first-order valence-corrected chi connectivity index (χ1v) is 4.09. The van der Waals surface area contributed by atoms with Gasteiger partial charge in [0.25, 0.3) is 0 Å². The number of aromatic nitrogens is 2. The van der Waals surface area contributed by atoms with Gasteiger partial charge in [-0.1, -0.05) is 24.4 Å². The summed E-state index contributed by atoms with van der Waals surface area (Å²) in [6.07, 6.45) is 0. The Morgan fingerprint density at radius 1 is 1.46 bits per heavy atom. The highest BCUT2D eigenvalue weighted by Crippen LogP contribution is 2.09. The van der Waals surface area contributed by atoms with Crippen LogP contribution in [0.2, 0.25) is 0 Å². The van der Waals surface area contributed by atoms with Gasteiger partial charge in [-0.15, -0.1) is 0 Å². The van der Waals surface area contributed by atoms with Crippen LogP contribution < -0.4 is 0 Å². The Morgan fingerprint density at radius 2 is 2.23 bits per heavy atom. The molecule has 1 heterocycles. The molecule has 0 atom stereocenters. The maximum absolute atomic E-state index is 11.1. The molecule has 0 spiro atoms. The summed E-state index contributed by atoms with van der Waals surface area (Å²) in [6, 6.07) is 7.41. The number of hydrogen-bond acceptors (Lipinski definition) is 3. The second kappa shape index (κ2) is 3.06. The van der Waals surface area contributed by atoms with Crippen LogP contribution in [0.1, 0.15) is 10.6 Å². The number of ketones is 1. The third-order valence-electron chi connectivity index (χ3n) is 1.70. The quantitative estimate of drug-likeness (QED) is 0.576. The standard InChI is InChI=1S/C9H5N2OS/c12-8(5-13)9-10-6-3-1-2-4-7(6)11-9/h1-4H,(H,10,11). The van der Waals surface area contributed by atoms with E-state index in [2.05, 4.69) is 27.6 Å². The molecule has 1 radical (unpaired) electrons. The summed E-state index contributed by atoms with van der Waals surface area (Å²) < 4.78 is 0. The summed E-state index contributed by atoms with van der Waals surface area (Å²) in [4.78, 5) is 18.0. The molecule has 13 heavy (non-hydrogen) atoms. The Kier molecular flexibility index (Phi) is 1.90. The number of nitrogens with one attached hydrogen (secondary N) is 1. The molecule has 0 aliphatic carbocycles. The predicted molar refractivity (Wildman–Crippen MR) is 53.0 cm³/mol. The highest BCUT2D eigenvalue weighted by Gasteiger charge is 2.07. The van der Waals surface area contributed by atoms with E-state index in [0.717, 1.165) is 11.0 Å². The van der Waals surface area contributed by atoms with E-state index in [1.807, 2.05) is 24.3 Å². The average Bonchev–Trinajstić information content (AvgIpc) is 2.59. The fraction of sp³-hybridized carbons (Fsp3) is 0. The van der Waals surface area contributed by atoms with Crippen LogP contribution in [0.5, 0.6) is 0 Å². The monoisotopic (exact) mass is 189 g/mol. The lowest BCUT2D eigenvalue weighted by Crippen LogP contribution is -2.00. The fourth-order valence-electron chi connectivity index (χ4n) is 1.11. The lowest BCUT2D eigenvalue weighted by molar-refractivity contribution is 0.106. The highest BCUT2D eigenvalue weighted by atomic mass is 32.1. The van der Waals surface area contributed by atoms with Crippen molar-refractivity contribution in [3.8, 4) is 0 Å². The van der Waals surface area contributed by atoms with Crippen molar-refractivity contribution in [2.45, 2.75) is 0 Å². The van der Waals surface area contributed by atoms with Gasteiger partial charge in [-0.2, -0.15) is 0 Å². The second-order valence-electron chi connectivity index (χ2n) is 2.53. The van der Waals surface area contributed by atoms with Gasteiger partial charge in [-0.05, 0) is 12.1 Å². The lowest BCUT2D eigenvalue weighted by atomic mass is 10.3.